The van der Waals surface area contributed by atoms with Crippen LogP contribution in [0, 0.1) is 0 Å². The van der Waals surface area contributed by atoms with Crippen LogP contribution < -0.4 is 16.0 Å². The van der Waals surface area contributed by atoms with E-state index >= 15 is 0 Å². The number of methoxy groups -OCH3 is 1. The van der Waals surface area contributed by atoms with Gasteiger partial charge in [-0.2, -0.15) is 0 Å². The lowest BCUT2D eigenvalue weighted by molar-refractivity contribution is -0.118. The smallest absolute Gasteiger partial charge is 0.177 e. The minimum Gasteiger partial charge on any atom is -0.507 e. The first-order valence-electron chi connectivity index (χ1n) is 8.75. The molecular formula is C20H25ClN2O5. The molecule has 28 heavy (non-hydrogen) atoms. The van der Waals surface area contributed by atoms with E-state index in [1.54, 1.807) is 31.4 Å². The Morgan fingerprint density at radius 2 is 2.00 bits per heavy atom. The molecule has 5 N–H and O–H groups in total. The van der Waals surface area contributed by atoms with Crippen molar-refractivity contribution in [3.05, 3.63) is 58.0 Å². The zero-order valence-corrected chi connectivity index (χ0v) is 16.8. The van der Waals surface area contributed by atoms with Crippen LogP contribution >= 0.6 is 11.6 Å². The van der Waals surface area contributed by atoms with Gasteiger partial charge < -0.3 is 20.7 Å². The zero-order valence-electron chi connectivity index (χ0n) is 16.1. The van der Waals surface area contributed by atoms with Crippen molar-refractivity contribution in [2.45, 2.75) is 25.9 Å². The second-order valence-corrected chi connectivity index (χ2v) is 6.95. The molecule has 0 fully saturated rings. The van der Waals surface area contributed by atoms with Gasteiger partial charge in [-0.3, -0.25) is 9.63 Å². The van der Waals surface area contributed by atoms with Crippen molar-refractivity contribution in [2.24, 2.45) is 5.73 Å². The number of hydroxylamine groups is 1. The maximum atomic E-state index is 11.9. The molecule has 0 saturated heterocycles. The van der Waals surface area contributed by atoms with Gasteiger partial charge in [0.15, 0.2) is 5.78 Å². The van der Waals surface area contributed by atoms with E-state index in [9.17, 15) is 15.0 Å². The van der Waals surface area contributed by atoms with E-state index in [1.165, 1.54) is 13.0 Å². The Labute approximate surface area is 169 Å². The van der Waals surface area contributed by atoms with Crippen LogP contribution in [0.2, 0.25) is 0 Å². The Kier molecular flexibility index (Phi) is 7.26. The van der Waals surface area contributed by atoms with Gasteiger partial charge in [0.2, 0.25) is 0 Å². The Morgan fingerprint density at radius 3 is 2.57 bits per heavy atom. The molecule has 1 aliphatic rings. The lowest BCUT2D eigenvalue weighted by Gasteiger charge is -2.29. The van der Waals surface area contributed by atoms with Crippen LogP contribution in [0.15, 0.2) is 52.4 Å². The van der Waals surface area contributed by atoms with E-state index in [-0.39, 0.29) is 40.7 Å². The van der Waals surface area contributed by atoms with E-state index in [0.29, 0.717) is 17.9 Å². The number of carbonyl (C=O) groups is 1. The second-order valence-electron chi connectivity index (χ2n) is 6.54. The van der Waals surface area contributed by atoms with Crippen LogP contribution in [0.3, 0.4) is 0 Å². The normalized spacial score (nSPS) is 22.5. The van der Waals surface area contributed by atoms with Gasteiger partial charge in [-0.25, -0.2) is 5.48 Å². The highest BCUT2D eigenvalue weighted by atomic mass is 35.5. The third-order valence-corrected chi connectivity index (χ3v) is 4.61. The summed E-state index contributed by atoms with van der Waals surface area (Å²) in [7, 11) is 1.55. The third-order valence-electron chi connectivity index (χ3n) is 4.29. The summed E-state index contributed by atoms with van der Waals surface area (Å²) < 4.78 is 5.16. The Hall–Kier alpha value is -2.32. The predicted octanol–water partition coefficient (Wildman–Crippen LogP) is 2.56. The molecule has 152 valence electrons. The highest BCUT2D eigenvalue weighted by molar-refractivity contribution is 6.43. The van der Waals surface area contributed by atoms with E-state index in [2.05, 4.69) is 5.48 Å². The van der Waals surface area contributed by atoms with Crippen LogP contribution in [-0.4, -0.2) is 41.9 Å². The highest BCUT2D eigenvalue weighted by Crippen LogP contribution is 2.37. The molecule has 0 saturated carbocycles. The summed E-state index contributed by atoms with van der Waals surface area (Å²) in [6, 6.07) is 6.88. The molecule has 1 aromatic rings. The SMILES string of the molecule is CCNOCC(N)=C(C(O)=C1C=C(Cl)C(=O)CC1(C)O)c1ccc(OC)cc1. The van der Waals surface area contributed by atoms with Crippen LogP contribution in [0.25, 0.3) is 5.57 Å². The molecule has 1 atom stereocenters. The number of ketones is 1. The van der Waals surface area contributed by atoms with Gasteiger partial charge in [0.05, 0.1) is 17.7 Å². The molecule has 0 amide bonds. The summed E-state index contributed by atoms with van der Waals surface area (Å²) in [4.78, 5) is 17.1. The van der Waals surface area contributed by atoms with Crippen LogP contribution in [0.5, 0.6) is 5.75 Å². The average molecular weight is 409 g/mol. The van der Waals surface area contributed by atoms with Gasteiger partial charge >= 0.3 is 0 Å². The van der Waals surface area contributed by atoms with Gasteiger partial charge in [-0.05, 0) is 30.7 Å². The van der Waals surface area contributed by atoms with Crippen molar-refractivity contribution in [2.75, 3.05) is 20.3 Å². The van der Waals surface area contributed by atoms with Gasteiger partial charge in [0, 0.05) is 29.8 Å². The first-order chi connectivity index (χ1) is 13.2. The maximum Gasteiger partial charge on any atom is 0.177 e. The minimum absolute atomic E-state index is 0.00887. The number of rotatable bonds is 7. The average Bonchev–Trinajstić information content (AvgIpc) is 2.65. The second kappa shape index (κ2) is 9.25. The van der Waals surface area contributed by atoms with Crippen LogP contribution in [-0.2, 0) is 9.63 Å². The number of hydrogen-bond donors (Lipinski definition) is 4. The van der Waals surface area contributed by atoms with Gasteiger partial charge in [0.1, 0.15) is 18.1 Å². The molecule has 0 aliphatic heterocycles. The number of nitrogens with two attached hydrogens (primary N) is 1. The maximum absolute atomic E-state index is 11.9. The predicted molar refractivity (Wildman–Crippen MR) is 108 cm³/mol. The quantitative estimate of drug-likeness (QED) is 0.311. The highest BCUT2D eigenvalue weighted by Gasteiger charge is 2.37. The molecule has 1 aliphatic carbocycles. The van der Waals surface area contributed by atoms with Crippen molar-refractivity contribution in [3.8, 4) is 5.75 Å². The fourth-order valence-electron chi connectivity index (χ4n) is 2.85. The lowest BCUT2D eigenvalue weighted by atomic mass is 9.82. The largest absolute Gasteiger partial charge is 0.507 e. The number of hydrogen-bond acceptors (Lipinski definition) is 7. The third kappa shape index (κ3) is 4.94. The number of ether oxygens (including phenoxy) is 1. The summed E-state index contributed by atoms with van der Waals surface area (Å²) >= 11 is 5.96. The molecule has 0 bridgehead atoms. The zero-order chi connectivity index (χ0) is 20.9. The van der Waals surface area contributed by atoms with E-state index in [4.69, 9.17) is 26.9 Å². The lowest BCUT2D eigenvalue weighted by Crippen LogP contribution is -2.34. The first kappa shape index (κ1) is 22.0. The first-order valence-corrected chi connectivity index (χ1v) is 9.13. The van der Waals surface area contributed by atoms with E-state index in [1.807, 2.05) is 6.92 Å². The molecule has 0 aromatic heterocycles. The number of aliphatic hydroxyl groups excluding tert-OH is 1. The van der Waals surface area contributed by atoms with E-state index < -0.39 is 11.4 Å². The Morgan fingerprint density at radius 1 is 1.36 bits per heavy atom. The fourth-order valence-corrected chi connectivity index (χ4v) is 3.02. The molecule has 0 radical (unpaired) electrons. The van der Waals surface area contributed by atoms with Crippen molar-refractivity contribution >= 4 is 23.0 Å². The standard InChI is InChI=1S/C20H25ClN2O5/c1-4-23-28-11-16(22)18(12-5-7-13(27-3)8-6-12)19(25)14-9-15(21)17(24)10-20(14,2)26/h5-9,23,25-26H,4,10-11,22H2,1-3H3. The van der Waals surface area contributed by atoms with Gasteiger partial charge in [0.25, 0.3) is 0 Å². The van der Waals surface area contributed by atoms with Crippen LogP contribution in [0.1, 0.15) is 25.8 Å². The molecule has 8 heteroatoms. The van der Waals surface area contributed by atoms with Crippen molar-refractivity contribution < 1.29 is 24.6 Å². The summed E-state index contributed by atoms with van der Waals surface area (Å²) in [5.74, 6) is -0.0454. The molecule has 0 spiro atoms. The fraction of sp³-hybridized carbons (Fsp3) is 0.350. The molecular weight excluding hydrogens is 384 g/mol. The summed E-state index contributed by atoms with van der Waals surface area (Å²) in [5, 5.41) is 21.7. The Bertz CT molecular complexity index is 826. The number of aliphatic hydroxyl groups is 2. The van der Waals surface area contributed by atoms with E-state index in [0.717, 1.165) is 0 Å². The number of benzene rings is 1. The molecule has 1 unspecified atom stereocenters. The molecule has 7 nitrogen and oxygen atoms in total. The monoisotopic (exact) mass is 408 g/mol. The van der Waals surface area contributed by atoms with Crippen molar-refractivity contribution in [1.82, 2.24) is 5.48 Å². The van der Waals surface area contributed by atoms with Gasteiger partial charge in [-0.1, -0.05) is 30.7 Å². The summed E-state index contributed by atoms with van der Waals surface area (Å²) in [6.07, 6.45) is 1.02. The number of Topliss-reactive ketones (excluding diaryl/α,β-unsaturated/α-hetero) is 1. The Balaban J connectivity index is 2.63. The van der Waals surface area contributed by atoms with Crippen LogP contribution in [0.4, 0.5) is 0 Å². The molecule has 0 heterocycles. The minimum atomic E-state index is -1.60. The summed E-state index contributed by atoms with van der Waals surface area (Å²) in [5.41, 5.74) is 8.49. The van der Waals surface area contributed by atoms with Crippen molar-refractivity contribution in [3.63, 3.8) is 0 Å². The number of allylic oxidation sites excluding steroid dienone is 2. The topological polar surface area (TPSA) is 114 Å². The van der Waals surface area contributed by atoms with Gasteiger partial charge in [-0.15, -0.1) is 0 Å². The summed E-state index contributed by atoms with van der Waals surface area (Å²) in [6.45, 7) is 3.87. The molecule has 1 aromatic carbocycles. The number of carbonyl (C=O) groups excluding carboxylic acids is 1. The molecule has 2 rings (SSSR count). The van der Waals surface area contributed by atoms with Crippen molar-refractivity contribution in [1.29, 1.82) is 0 Å². The number of nitrogens with one attached hydrogen (secondary N) is 1. The number of halogens is 1.